The molecule has 2 N–H and O–H groups in total. The molecule has 2 heterocycles. The second kappa shape index (κ2) is 20.9. The van der Waals surface area contributed by atoms with E-state index in [-0.39, 0.29) is 32.6 Å². The average Bonchev–Trinajstić information content (AvgIpc) is 3.90. The van der Waals surface area contributed by atoms with Gasteiger partial charge in [-0.2, -0.15) is 0 Å². The predicted octanol–water partition coefficient (Wildman–Crippen LogP) is 18.3. The summed E-state index contributed by atoms with van der Waals surface area (Å²) in [7, 11) is 0. The fourth-order valence-electron chi connectivity index (χ4n) is 11.6. The number of phenols is 2. The van der Waals surface area contributed by atoms with Gasteiger partial charge in [0.1, 0.15) is 11.5 Å². The van der Waals surface area contributed by atoms with E-state index in [2.05, 4.69) is 249 Å². The molecule has 2 aliphatic heterocycles. The maximum atomic E-state index is 12.0. The maximum absolute atomic E-state index is 12.0. The molecule has 0 saturated carbocycles. The van der Waals surface area contributed by atoms with Crippen molar-refractivity contribution >= 4 is 34.1 Å². The third-order valence-corrected chi connectivity index (χ3v) is 15.2. The summed E-state index contributed by atoms with van der Waals surface area (Å²) in [6, 6.07) is 52.0. The molecule has 0 atom stereocenters. The first kappa shape index (κ1) is 52.1. The van der Waals surface area contributed by atoms with E-state index in [1.165, 1.54) is 66.8 Å². The molecule has 74 heavy (non-hydrogen) atoms. The fraction of sp³-hybridized carbons (Fsp3) is 0.254. The van der Waals surface area contributed by atoms with Crippen molar-refractivity contribution < 1.29 is 31.3 Å². The summed E-state index contributed by atoms with van der Waals surface area (Å²) in [5.41, 5.74) is 24.8. The molecule has 0 spiro atoms. The Bertz CT molecular complexity index is 3090. The van der Waals surface area contributed by atoms with Crippen LogP contribution in [0, 0.1) is 41.0 Å². The molecule has 7 heteroatoms. The van der Waals surface area contributed by atoms with Gasteiger partial charge in [0.05, 0.1) is 11.4 Å². The van der Waals surface area contributed by atoms with Gasteiger partial charge in [0.2, 0.25) is 0 Å². The van der Waals surface area contributed by atoms with Crippen LogP contribution in [-0.2, 0) is 21.1 Å². The van der Waals surface area contributed by atoms with Gasteiger partial charge in [0, 0.05) is 29.4 Å². The summed E-state index contributed by atoms with van der Waals surface area (Å²) in [5, 5.41) is 23.9. The van der Waals surface area contributed by atoms with Gasteiger partial charge in [-0.1, -0.05) is 152 Å². The molecule has 0 bridgehead atoms. The minimum atomic E-state index is 0. The average molecular weight is 1160 g/mol. The van der Waals surface area contributed by atoms with E-state index < -0.39 is 0 Å². The molecule has 0 aromatic heterocycles. The fourth-order valence-corrected chi connectivity index (χ4v) is 11.6. The number of hydrogen-bond donors (Lipinski definition) is 2. The molecule has 6 nitrogen and oxygen atoms in total. The third kappa shape index (κ3) is 9.40. The Balaban J connectivity index is 0.00000672. The molecular formula is C67H70N4O2Pt. The Morgan fingerprint density at radius 2 is 0.635 bits per heavy atom. The van der Waals surface area contributed by atoms with Crippen molar-refractivity contribution in [1.82, 2.24) is 0 Å². The van der Waals surface area contributed by atoms with Gasteiger partial charge in [0.25, 0.3) is 0 Å². The first-order chi connectivity index (χ1) is 35.0. The van der Waals surface area contributed by atoms with E-state index in [1.807, 2.05) is 12.1 Å². The zero-order valence-corrected chi connectivity index (χ0v) is 47.3. The van der Waals surface area contributed by atoms with Gasteiger partial charge >= 0.3 is 21.1 Å². The summed E-state index contributed by atoms with van der Waals surface area (Å²) < 4.78 is 0. The zero-order chi connectivity index (χ0) is 51.6. The van der Waals surface area contributed by atoms with E-state index in [9.17, 15) is 10.2 Å². The van der Waals surface area contributed by atoms with Gasteiger partial charge in [-0.25, -0.2) is 0 Å². The second-order valence-electron chi connectivity index (χ2n) is 21.6. The minimum Gasteiger partial charge on any atom is -0.506 e. The van der Waals surface area contributed by atoms with Crippen LogP contribution in [0.15, 0.2) is 146 Å². The number of anilines is 6. The molecular weight excluding hydrogens is 1090 g/mol. The molecule has 0 fully saturated rings. The largest absolute Gasteiger partial charge is 2.00 e. The van der Waals surface area contributed by atoms with Gasteiger partial charge in [-0.15, -0.1) is 13.3 Å². The summed E-state index contributed by atoms with van der Waals surface area (Å²) in [6.45, 7) is 31.5. The van der Waals surface area contributed by atoms with Gasteiger partial charge in [0.15, 0.2) is 0 Å². The molecule has 8 aromatic carbocycles. The van der Waals surface area contributed by atoms with E-state index >= 15 is 0 Å². The van der Waals surface area contributed by atoms with Crippen LogP contribution in [0.4, 0.5) is 34.1 Å². The summed E-state index contributed by atoms with van der Waals surface area (Å²) >= 11 is 0. The van der Waals surface area contributed by atoms with Crippen LogP contribution in [0.2, 0.25) is 0 Å². The smallest absolute Gasteiger partial charge is 0.506 e. The molecule has 380 valence electrons. The minimum absolute atomic E-state index is 0. The molecule has 10 rings (SSSR count). The molecule has 0 saturated heterocycles. The Labute approximate surface area is 455 Å². The van der Waals surface area contributed by atoms with Crippen molar-refractivity contribution in [3.05, 3.63) is 203 Å². The van der Waals surface area contributed by atoms with Crippen molar-refractivity contribution in [3.8, 4) is 56.0 Å². The Kier molecular flexibility index (Phi) is 14.7. The van der Waals surface area contributed by atoms with Crippen molar-refractivity contribution in [2.45, 2.75) is 107 Å². The van der Waals surface area contributed by atoms with Crippen molar-refractivity contribution in [1.29, 1.82) is 0 Å². The number of fused-ring (bicyclic) bond motifs is 2. The second-order valence-corrected chi connectivity index (χ2v) is 21.6. The summed E-state index contributed by atoms with van der Waals surface area (Å²) in [6.07, 6.45) is 0. The Morgan fingerprint density at radius 1 is 0.351 bits per heavy atom. The Morgan fingerprint density at radius 3 is 0.959 bits per heavy atom. The third-order valence-electron chi connectivity index (χ3n) is 15.2. The SMILES string of the molecule is Cc1cccc(C)c1-c1ccc2c(c1)N(CN1[CH-]N(c3cc(-c4c(C(C)C)cccc4C(C)C)ccc3O)c3ccc(-c4c(C)cccc4C)cc31)[CH-]N2c1cc(-c2c(C(C)C)cccc2C(C)C)ccc1O.[Pt+2]. The van der Waals surface area contributed by atoms with Crippen molar-refractivity contribution in [2.24, 2.45) is 0 Å². The molecule has 0 radical (unpaired) electrons. The monoisotopic (exact) mass is 1160 g/mol. The van der Waals surface area contributed by atoms with Crippen LogP contribution in [-0.4, -0.2) is 16.9 Å². The topological polar surface area (TPSA) is 53.4 Å². The van der Waals surface area contributed by atoms with Crippen LogP contribution in [0.25, 0.3) is 44.5 Å². The van der Waals surface area contributed by atoms with E-state index in [4.69, 9.17) is 0 Å². The van der Waals surface area contributed by atoms with Crippen LogP contribution in [0.1, 0.15) is 124 Å². The summed E-state index contributed by atoms with van der Waals surface area (Å²) in [4.78, 5) is 8.93. The molecule has 0 amide bonds. The van der Waals surface area contributed by atoms with Crippen molar-refractivity contribution in [3.63, 3.8) is 0 Å². The first-order valence-corrected chi connectivity index (χ1v) is 26.2. The van der Waals surface area contributed by atoms with E-state index in [1.54, 1.807) is 0 Å². The number of hydrogen-bond acceptors (Lipinski definition) is 6. The van der Waals surface area contributed by atoms with Crippen LogP contribution in [0.3, 0.4) is 0 Å². The summed E-state index contributed by atoms with van der Waals surface area (Å²) in [5.74, 6) is 1.67. The molecule has 2 aliphatic rings. The quantitative estimate of drug-likeness (QED) is 0.119. The first-order valence-electron chi connectivity index (χ1n) is 26.2. The van der Waals surface area contributed by atoms with Gasteiger partial charge < -0.3 is 29.8 Å². The predicted molar refractivity (Wildman–Crippen MR) is 309 cm³/mol. The Hall–Kier alpha value is -6.75. The number of aryl methyl sites for hydroxylation is 4. The number of benzene rings is 8. The zero-order valence-electron chi connectivity index (χ0n) is 45.0. The molecule has 0 aliphatic carbocycles. The van der Waals surface area contributed by atoms with E-state index in [0.29, 0.717) is 41.7 Å². The number of aromatic hydroxyl groups is 2. The van der Waals surface area contributed by atoms with Crippen LogP contribution >= 0.6 is 0 Å². The normalized spacial score (nSPS) is 13.2. The van der Waals surface area contributed by atoms with Crippen LogP contribution < -0.4 is 19.6 Å². The van der Waals surface area contributed by atoms with Gasteiger partial charge in [-0.05, 0) is 189 Å². The van der Waals surface area contributed by atoms with Crippen molar-refractivity contribution in [2.75, 3.05) is 26.3 Å². The maximum Gasteiger partial charge on any atom is 2.00 e. The standard InChI is InChI=1S/C67H70N4O2.Pt/c1-40(2)52-21-15-22-53(41(3)4)66(52)50-27-31-62(72)60(35-50)70-38-68(58-33-48(25-29-56(58)70)64-44(9)17-13-18-45(64)10)37-69-39-71(57-30-26-49(34-59(57)69)65-46(11)19-14-20-47(65)12)61-36-51(28-32-63(61)73)67-54(42(5)6)23-16-24-55(67)43(7)8;/h13-36,38-43,72-73H,37H2,1-12H3;/q-2;+2. The van der Waals surface area contributed by atoms with E-state index in [0.717, 1.165) is 45.0 Å². The van der Waals surface area contributed by atoms with Crippen LogP contribution in [0.5, 0.6) is 11.5 Å². The number of nitrogens with zero attached hydrogens (tertiary/aromatic N) is 4. The number of rotatable bonds is 12. The molecule has 8 aromatic rings. The molecule has 0 unspecified atom stereocenters. The number of phenolic OH excluding ortho intramolecular Hbond substituents is 2. The van der Waals surface area contributed by atoms with Gasteiger partial charge in [-0.3, -0.25) is 0 Å².